The van der Waals surface area contributed by atoms with Crippen LogP contribution in [0.4, 0.5) is 0 Å². The molecule has 0 aliphatic carbocycles. The summed E-state index contributed by atoms with van der Waals surface area (Å²) in [5, 5.41) is 6.25. The Morgan fingerprint density at radius 3 is 2.59 bits per heavy atom. The monoisotopic (exact) mass is 424 g/mol. The average Bonchev–Trinajstić information content (AvgIpc) is 3.23. The lowest BCUT2D eigenvalue weighted by atomic mass is 10.1. The highest BCUT2D eigenvalue weighted by Gasteiger charge is 2.19. The van der Waals surface area contributed by atoms with Crippen LogP contribution in [-0.2, 0) is 17.8 Å². The lowest BCUT2D eigenvalue weighted by Crippen LogP contribution is -2.28. The van der Waals surface area contributed by atoms with Gasteiger partial charge in [0.05, 0.1) is 34.6 Å². The third-order valence-electron chi connectivity index (χ3n) is 4.98. The Balaban J connectivity index is 1.51. The van der Waals surface area contributed by atoms with E-state index in [-0.39, 0.29) is 5.91 Å². The molecule has 0 atom stereocenters. The van der Waals surface area contributed by atoms with E-state index in [4.69, 9.17) is 11.6 Å². The first-order valence-electron chi connectivity index (χ1n) is 9.32. The van der Waals surface area contributed by atoms with Crippen LogP contribution in [0.25, 0.3) is 15.9 Å². The van der Waals surface area contributed by atoms with Gasteiger partial charge >= 0.3 is 0 Å². The van der Waals surface area contributed by atoms with E-state index in [0.29, 0.717) is 18.0 Å². The van der Waals surface area contributed by atoms with Gasteiger partial charge in [0, 0.05) is 23.3 Å². The Hall–Kier alpha value is -2.70. The second kappa shape index (κ2) is 7.97. The van der Waals surface area contributed by atoms with Crippen molar-refractivity contribution in [2.75, 3.05) is 7.05 Å². The minimum Gasteiger partial charge on any atom is -0.339 e. The minimum absolute atomic E-state index is 0.0473. The molecule has 0 radical (unpaired) electrons. The molecule has 4 rings (SSSR count). The van der Waals surface area contributed by atoms with Crippen LogP contribution < -0.4 is 0 Å². The molecule has 1 amide bonds. The minimum atomic E-state index is 0.0473. The zero-order chi connectivity index (χ0) is 20.5. The van der Waals surface area contributed by atoms with Crippen molar-refractivity contribution in [1.29, 1.82) is 0 Å². The Morgan fingerprint density at radius 1 is 1.14 bits per heavy atom. The molecule has 5 nitrogen and oxygen atoms in total. The maximum atomic E-state index is 12.9. The number of rotatable bonds is 5. The molecule has 0 N–H and O–H groups in total. The SMILES string of the molecule is Cc1nn(-c2ccc(Cl)cc2)c(C)c1CC(=O)N(C)Cc1nc2ccccc2s1. The smallest absolute Gasteiger partial charge is 0.227 e. The molecule has 0 aliphatic heterocycles. The van der Waals surface area contributed by atoms with Gasteiger partial charge in [0.15, 0.2) is 0 Å². The molecule has 7 heteroatoms. The van der Waals surface area contributed by atoms with Crippen molar-refractivity contribution in [1.82, 2.24) is 19.7 Å². The van der Waals surface area contributed by atoms with Crippen molar-refractivity contribution in [3.8, 4) is 5.69 Å². The van der Waals surface area contributed by atoms with Crippen LogP contribution in [0.2, 0.25) is 5.02 Å². The summed E-state index contributed by atoms with van der Waals surface area (Å²) >= 11 is 7.61. The molecule has 4 aromatic rings. The number of likely N-dealkylation sites (N-methyl/N-ethyl adjacent to an activating group) is 1. The van der Waals surface area contributed by atoms with E-state index in [9.17, 15) is 4.79 Å². The highest BCUT2D eigenvalue weighted by Crippen LogP contribution is 2.24. The topological polar surface area (TPSA) is 51.0 Å². The molecule has 2 aromatic carbocycles. The predicted octanol–water partition coefficient (Wildman–Crippen LogP) is 4.95. The van der Waals surface area contributed by atoms with Gasteiger partial charge in [0.1, 0.15) is 5.01 Å². The van der Waals surface area contributed by atoms with Crippen LogP contribution in [0.5, 0.6) is 0 Å². The van der Waals surface area contributed by atoms with Crippen molar-refractivity contribution in [2.45, 2.75) is 26.8 Å². The predicted molar refractivity (Wildman–Crippen MR) is 118 cm³/mol. The van der Waals surface area contributed by atoms with Gasteiger partial charge in [-0.05, 0) is 50.2 Å². The van der Waals surface area contributed by atoms with Gasteiger partial charge in [-0.25, -0.2) is 9.67 Å². The molecule has 0 saturated carbocycles. The molecule has 2 heterocycles. The standard InChI is InChI=1S/C22H21ClN4OS/c1-14-18(15(2)27(25-14)17-10-8-16(23)9-11-17)12-22(28)26(3)13-21-24-19-6-4-5-7-20(19)29-21/h4-11H,12-13H2,1-3H3. The molecule has 0 saturated heterocycles. The second-order valence-electron chi connectivity index (χ2n) is 7.04. The number of aryl methyl sites for hydroxylation is 1. The second-order valence-corrected chi connectivity index (χ2v) is 8.59. The Labute approximate surface area is 178 Å². The van der Waals surface area contributed by atoms with Gasteiger partial charge in [0.25, 0.3) is 0 Å². The normalized spacial score (nSPS) is 11.2. The van der Waals surface area contributed by atoms with Crippen LogP contribution in [-0.4, -0.2) is 32.6 Å². The summed E-state index contributed by atoms with van der Waals surface area (Å²) in [5.74, 6) is 0.0473. The first-order chi connectivity index (χ1) is 13.9. The highest BCUT2D eigenvalue weighted by molar-refractivity contribution is 7.18. The van der Waals surface area contributed by atoms with E-state index in [2.05, 4.69) is 16.1 Å². The molecular formula is C22H21ClN4OS. The number of para-hydroxylation sites is 1. The Kier molecular flexibility index (Phi) is 5.39. The van der Waals surface area contributed by atoms with E-state index >= 15 is 0 Å². The molecule has 0 spiro atoms. The lowest BCUT2D eigenvalue weighted by molar-refractivity contribution is -0.129. The lowest BCUT2D eigenvalue weighted by Gasteiger charge is -2.16. The van der Waals surface area contributed by atoms with E-state index in [1.807, 2.05) is 68.0 Å². The fraction of sp³-hybridized carbons (Fsp3) is 0.227. The van der Waals surface area contributed by atoms with Crippen LogP contribution in [0.1, 0.15) is 22.0 Å². The summed E-state index contributed by atoms with van der Waals surface area (Å²) in [5.41, 5.74) is 4.69. The Bertz CT molecular complexity index is 1150. The average molecular weight is 425 g/mol. The van der Waals surface area contributed by atoms with E-state index in [1.54, 1.807) is 16.2 Å². The van der Waals surface area contributed by atoms with Crippen LogP contribution in [0.3, 0.4) is 0 Å². The van der Waals surface area contributed by atoms with Gasteiger partial charge in [-0.15, -0.1) is 11.3 Å². The van der Waals surface area contributed by atoms with Crippen molar-refractivity contribution in [3.05, 3.63) is 75.5 Å². The van der Waals surface area contributed by atoms with Gasteiger partial charge in [-0.1, -0.05) is 23.7 Å². The van der Waals surface area contributed by atoms with Crippen molar-refractivity contribution in [3.63, 3.8) is 0 Å². The molecule has 2 aromatic heterocycles. The third kappa shape index (κ3) is 4.04. The molecule has 0 unspecified atom stereocenters. The third-order valence-corrected chi connectivity index (χ3v) is 6.25. The molecule has 0 aliphatic rings. The summed E-state index contributed by atoms with van der Waals surface area (Å²) < 4.78 is 3.00. The fourth-order valence-corrected chi connectivity index (χ4v) is 4.48. The van der Waals surface area contributed by atoms with Gasteiger partial charge < -0.3 is 4.90 Å². The number of halogens is 1. The first kappa shape index (κ1) is 19.6. The fourth-order valence-electron chi connectivity index (χ4n) is 3.33. The maximum Gasteiger partial charge on any atom is 0.227 e. The summed E-state index contributed by atoms with van der Waals surface area (Å²) in [6.45, 7) is 4.43. The van der Waals surface area contributed by atoms with E-state index in [1.165, 1.54) is 0 Å². The zero-order valence-corrected chi connectivity index (χ0v) is 18.1. The number of amides is 1. The van der Waals surface area contributed by atoms with Crippen molar-refractivity contribution >= 4 is 39.1 Å². The van der Waals surface area contributed by atoms with Gasteiger partial charge in [-0.2, -0.15) is 5.10 Å². The molecule has 29 heavy (non-hydrogen) atoms. The first-order valence-corrected chi connectivity index (χ1v) is 10.5. The van der Waals surface area contributed by atoms with Crippen molar-refractivity contribution < 1.29 is 4.79 Å². The molecule has 148 valence electrons. The summed E-state index contributed by atoms with van der Waals surface area (Å²) in [6.07, 6.45) is 0.312. The number of carbonyl (C=O) groups excluding carboxylic acids is 1. The maximum absolute atomic E-state index is 12.9. The van der Waals surface area contributed by atoms with Gasteiger partial charge in [0.2, 0.25) is 5.91 Å². The zero-order valence-electron chi connectivity index (χ0n) is 16.5. The number of aromatic nitrogens is 3. The van der Waals surface area contributed by atoms with Gasteiger partial charge in [-0.3, -0.25) is 4.79 Å². The van der Waals surface area contributed by atoms with E-state index < -0.39 is 0 Å². The number of thiazole rings is 1. The number of hydrogen-bond acceptors (Lipinski definition) is 4. The summed E-state index contributed by atoms with van der Waals surface area (Å²) in [4.78, 5) is 19.2. The van der Waals surface area contributed by atoms with Crippen molar-refractivity contribution in [2.24, 2.45) is 0 Å². The molecule has 0 fully saturated rings. The summed E-state index contributed by atoms with van der Waals surface area (Å²) in [7, 11) is 1.82. The number of nitrogens with zero attached hydrogens (tertiary/aromatic N) is 4. The van der Waals surface area contributed by atoms with Crippen LogP contribution in [0, 0.1) is 13.8 Å². The summed E-state index contributed by atoms with van der Waals surface area (Å²) in [6, 6.07) is 15.5. The highest BCUT2D eigenvalue weighted by atomic mass is 35.5. The number of fused-ring (bicyclic) bond motifs is 1. The quantitative estimate of drug-likeness (QED) is 0.455. The largest absolute Gasteiger partial charge is 0.339 e. The molecular weight excluding hydrogens is 404 g/mol. The van der Waals surface area contributed by atoms with Crippen LogP contribution >= 0.6 is 22.9 Å². The number of carbonyl (C=O) groups is 1. The van der Waals surface area contributed by atoms with E-state index in [0.717, 1.165) is 37.9 Å². The molecule has 0 bridgehead atoms. The van der Waals surface area contributed by atoms with Crippen LogP contribution in [0.15, 0.2) is 48.5 Å². The number of hydrogen-bond donors (Lipinski definition) is 0. The number of benzene rings is 2. The Morgan fingerprint density at radius 2 is 1.86 bits per heavy atom.